The van der Waals surface area contributed by atoms with Gasteiger partial charge in [-0.2, -0.15) is 0 Å². The van der Waals surface area contributed by atoms with Gasteiger partial charge in [0.15, 0.2) is 0 Å². The summed E-state index contributed by atoms with van der Waals surface area (Å²) in [6.07, 6.45) is 0.674. The standard InChI is InChI=1S/C29H34N6O3S/c1-4-34(5-2)16-17-35-24-14-7-6-12-22(24)26(23-13-8-9-15-30-23)32-27(29(35)38)33-28(37)20(3)31-25(36)19-21-11-10-18-39-21/h6-15,18,20,27H,4-5,16-17,19H2,1-3H3,(H,31,36)(H,33,37)/t20-,27?/m0/s1. The number of hydrogen-bond acceptors (Lipinski definition) is 7. The van der Waals surface area contributed by atoms with Gasteiger partial charge in [-0.25, -0.2) is 4.99 Å². The third-order valence-electron chi connectivity index (χ3n) is 6.61. The lowest BCUT2D eigenvalue weighted by Gasteiger charge is -2.28. The molecule has 4 rings (SSSR count). The van der Waals surface area contributed by atoms with E-state index in [2.05, 4.69) is 34.4 Å². The Balaban J connectivity index is 1.62. The SMILES string of the molecule is CCN(CC)CCN1C(=O)C(NC(=O)[C@H](C)NC(=O)Cc2cccs2)N=C(c2ccccn2)c2ccccc21. The normalized spacial score (nSPS) is 15.8. The van der Waals surface area contributed by atoms with E-state index < -0.39 is 18.1 Å². The number of fused-ring (bicyclic) bond motifs is 1. The summed E-state index contributed by atoms with van der Waals surface area (Å²) in [5.74, 6) is -1.10. The van der Waals surface area contributed by atoms with Crippen LogP contribution < -0.4 is 15.5 Å². The third-order valence-corrected chi connectivity index (χ3v) is 7.49. The molecule has 2 N–H and O–H groups in total. The largest absolute Gasteiger partial charge is 0.344 e. The fourth-order valence-electron chi connectivity index (χ4n) is 4.43. The van der Waals surface area contributed by atoms with E-state index in [9.17, 15) is 14.4 Å². The maximum absolute atomic E-state index is 13.9. The molecule has 0 spiro atoms. The van der Waals surface area contributed by atoms with Crippen molar-refractivity contribution >= 4 is 40.5 Å². The van der Waals surface area contributed by atoms with Gasteiger partial charge in [0.25, 0.3) is 5.91 Å². The Morgan fingerprint density at radius 1 is 1.08 bits per heavy atom. The first-order valence-corrected chi connectivity index (χ1v) is 14.0. The van der Waals surface area contributed by atoms with Crippen molar-refractivity contribution in [3.05, 3.63) is 82.3 Å². The maximum Gasteiger partial charge on any atom is 0.272 e. The molecule has 10 heteroatoms. The number of nitrogens with zero attached hydrogens (tertiary/aromatic N) is 4. The molecule has 204 valence electrons. The molecular weight excluding hydrogens is 512 g/mol. The van der Waals surface area contributed by atoms with Crippen LogP contribution in [0.1, 0.15) is 36.9 Å². The van der Waals surface area contributed by atoms with Crippen LogP contribution in [-0.4, -0.2) is 71.7 Å². The molecule has 3 heterocycles. The van der Waals surface area contributed by atoms with Crippen LogP contribution in [-0.2, 0) is 20.8 Å². The lowest BCUT2D eigenvalue weighted by molar-refractivity contribution is -0.130. The summed E-state index contributed by atoms with van der Waals surface area (Å²) in [7, 11) is 0. The minimum Gasteiger partial charge on any atom is -0.344 e. The number of amides is 3. The number of para-hydroxylation sites is 1. The van der Waals surface area contributed by atoms with E-state index in [0.717, 1.165) is 23.5 Å². The number of hydrogen-bond donors (Lipinski definition) is 2. The molecule has 2 atom stereocenters. The van der Waals surface area contributed by atoms with Crippen LogP contribution in [0.15, 0.2) is 71.2 Å². The summed E-state index contributed by atoms with van der Waals surface area (Å²) < 4.78 is 0. The van der Waals surface area contributed by atoms with Gasteiger partial charge < -0.3 is 20.4 Å². The van der Waals surface area contributed by atoms with Crippen LogP contribution in [0.4, 0.5) is 5.69 Å². The molecule has 3 aromatic rings. The molecule has 3 amide bonds. The van der Waals surface area contributed by atoms with Crippen LogP contribution in [0.5, 0.6) is 0 Å². The second-order valence-corrected chi connectivity index (χ2v) is 10.2. The lowest BCUT2D eigenvalue weighted by Crippen LogP contribution is -2.53. The van der Waals surface area contributed by atoms with Gasteiger partial charge in [-0.1, -0.05) is 44.2 Å². The topological polar surface area (TPSA) is 107 Å². The first-order valence-electron chi connectivity index (χ1n) is 13.2. The zero-order chi connectivity index (χ0) is 27.8. The molecule has 1 aromatic carbocycles. The van der Waals surface area contributed by atoms with Crippen molar-refractivity contribution in [2.24, 2.45) is 4.99 Å². The van der Waals surface area contributed by atoms with E-state index in [1.54, 1.807) is 18.0 Å². The smallest absolute Gasteiger partial charge is 0.272 e. The summed E-state index contributed by atoms with van der Waals surface area (Å²) in [5.41, 5.74) is 2.59. The molecule has 0 bridgehead atoms. The number of benzene rings is 1. The average Bonchev–Trinajstić information content (AvgIpc) is 3.42. The van der Waals surface area contributed by atoms with Crippen LogP contribution in [0.2, 0.25) is 0 Å². The number of carbonyl (C=O) groups excluding carboxylic acids is 3. The van der Waals surface area contributed by atoms with Crippen molar-refractivity contribution in [1.29, 1.82) is 0 Å². The predicted molar refractivity (Wildman–Crippen MR) is 154 cm³/mol. The Bertz CT molecular complexity index is 1310. The number of thiophene rings is 1. The average molecular weight is 547 g/mol. The molecule has 0 saturated heterocycles. The van der Waals surface area contributed by atoms with E-state index >= 15 is 0 Å². The highest BCUT2D eigenvalue weighted by molar-refractivity contribution is 7.10. The highest BCUT2D eigenvalue weighted by atomic mass is 32.1. The fraction of sp³-hybridized carbons (Fsp3) is 0.345. The van der Waals surface area contributed by atoms with Crippen molar-refractivity contribution < 1.29 is 14.4 Å². The molecule has 0 fully saturated rings. The first-order chi connectivity index (χ1) is 18.9. The number of aliphatic imine (C=N–C) groups is 1. The number of pyridine rings is 1. The Hall–Kier alpha value is -3.89. The number of anilines is 1. The highest BCUT2D eigenvalue weighted by Gasteiger charge is 2.34. The summed E-state index contributed by atoms with van der Waals surface area (Å²) in [5, 5.41) is 7.41. The van der Waals surface area contributed by atoms with Gasteiger partial charge in [-0.15, -0.1) is 11.3 Å². The van der Waals surface area contributed by atoms with Crippen molar-refractivity contribution in [1.82, 2.24) is 20.5 Å². The van der Waals surface area contributed by atoms with Crippen LogP contribution >= 0.6 is 11.3 Å². The second kappa shape index (κ2) is 13.3. The molecule has 1 aliphatic rings. The summed E-state index contributed by atoms with van der Waals surface area (Å²) in [4.78, 5) is 53.7. The monoisotopic (exact) mass is 546 g/mol. The minimum absolute atomic E-state index is 0.189. The van der Waals surface area contributed by atoms with Gasteiger partial charge in [0.1, 0.15) is 6.04 Å². The molecule has 2 aromatic heterocycles. The Morgan fingerprint density at radius 3 is 2.54 bits per heavy atom. The zero-order valence-electron chi connectivity index (χ0n) is 22.5. The number of rotatable bonds is 11. The van der Waals surface area contributed by atoms with Crippen LogP contribution in [0.3, 0.4) is 0 Å². The number of likely N-dealkylation sites (N-methyl/N-ethyl adjacent to an activating group) is 1. The minimum atomic E-state index is -1.18. The molecule has 0 saturated carbocycles. The Labute approximate surface area is 233 Å². The Morgan fingerprint density at radius 2 is 1.85 bits per heavy atom. The van der Waals surface area contributed by atoms with Gasteiger partial charge in [0, 0.05) is 29.7 Å². The van der Waals surface area contributed by atoms with Crippen LogP contribution in [0.25, 0.3) is 0 Å². The number of benzodiazepines with no additional fused rings is 1. The third kappa shape index (κ3) is 6.96. The molecule has 1 unspecified atom stereocenters. The predicted octanol–water partition coefficient (Wildman–Crippen LogP) is 2.86. The van der Waals surface area contributed by atoms with Gasteiger partial charge in [0.2, 0.25) is 18.0 Å². The molecule has 9 nitrogen and oxygen atoms in total. The van der Waals surface area contributed by atoms with Crippen molar-refractivity contribution in [2.75, 3.05) is 31.1 Å². The molecule has 1 aliphatic heterocycles. The fourth-order valence-corrected chi connectivity index (χ4v) is 5.14. The number of aromatic nitrogens is 1. The zero-order valence-corrected chi connectivity index (χ0v) is 23.3. The highest BCUT2D eigenvalue weighted by Crippen LogP contribution is 2.27. The number of nitrogens with one attached hydrogen (secondary N) is 2. The quantitative estimate of drug-likeness (QED) is 0.385. The van der Waals surface area contributed by atoms with Gasteiger partial charge in [0.05, 0.1) is 23.5 Å². The molecule has 0 radical (unpaired) electrons. The summed E-state index contributed by atoms with van der Waals surface area (Å²) in [6.45, 7) is 8.59. The van der Waals surface area contributed by atoms with E-state index in [-0.39, 0.29) is 18.2 Å². The Kier molecular flexibility index (Phi) is 9.56. The van der Waals surface area contributed by atoms with E-state index in [1.807, 2.05) is 60.0 Å². The van der Waals surface area contributed by atoms with Crippen LogP contribution in [0, 0.1) is 0 Å². The van der Waals surface area contributed by atoms with Gasteiger partial charge in [-0.3, -0.25) is 19.4 Å². The van der Waals surface area contributed by atoms with Crippen molar-refractivity contribution in [2.45, 2.75) is 39.4 Å². The van der Waals surface area contributed by atoms with Gasteiger partial charge >= 0.3 is 0 Å². The molecule has 0 aliphatic carbocycles. The van der Waals surface area contributed by atoms with Gasteiger partial charge in [-0.05, 0) is 49.7 Å². The number of carbonyl (C=O) groups is 3. The second-order valence-electron chi connectivity index (χ2n) is 9.18. The van der Waals surface area contributed by atoms with Crippen molar-refractivity contribution in [3.8, 4) is 0 Å². The van der Waals surface area contributed by atoms with Crippen molar-refractivity contribution in [3.63, 3.8) is 0 Å². The maximum atomic E-state index is 13.9. The van der Waals surface area contributed by atoms with E-state index in [1.165, 1.54) is 11.3 Å². The lowest BCUT2D eigenvalue weighted by atomic mass is 10.0. The first kappa shape index (κ1) is 28.1. The molecule has 39 heavy (non-hydrogen) atoms. The summed E-state index contributed by atoms with van der Waals surface area (Å²) in [6, 6.07) is 16.0. The van der Waals surface area contributed by atoms with E-state index in [4.69, 9.17) is 4.99 Å². The molecular formula is C29H34N6O3S. The van der Waals surface area contributed by atoms with E-state index in [0.29, 0.717) is 30.2 Å². The summed E-state index contributed by atoms with van der Waals surface area (Å²) >= 11 is 1.48.